The summed E-state index contributed by atoms with van der Waals surface area (Å²) >= 11 is 1.04. The van der Waals surface area contributed by atoms with Crippen molar-refractivity contribution in [3.63, 3.8) is 0 Å². The number of hydrogen-bond donors (Lipinski definition) is 4. The number of nitrogens with zero attached hydrogens (tertiary/aromatic N) is 2. The maximum Gasteiger partial charge on any atom is 0.399 e. The number of carbonyl (C=O) groups excluding carboxylic acids is 3. The Labute approximate surface area is 256 Å². The van der Waals surface area contributed by atoms with Crippen molar-refractivity contribution in [1.82, 2.24) is 20.4 Å². The van der Waals surface area contributed by atoms with Crippen LogP contribution in [0.1, 0.15) is 53.8 Å². The van der Waals surface area contributed by atoms with Gasteiger partial charge < -0.3 is 30.1 Å². The van der Waals surface area contributed by atoms with E-state index in [9.17, 15) is 27.7 Å². The molecule has 1 aromatic heterocycles. The molecule has 0 spiro atoms. The lowest BCUT2D eigenvalue weighted by Gasteiger charge is -2.43. The zero-order valence-electron chi connectivity index (χ0n) is 23.9. The fraction of sp³-hybridized carbons (Fsp3) is 0.621. The molecule has 3 amide bonds. The Kier molecular flexibility index (Phi) is 7.61. The molecule has 4 saturated heterocycles. The van der Waals surface area contributed by atoms with E-state index in [1.807, 2.05) is 0 Å². The van der Waals surface area contributed by atoms with Gasteiger partial charge in [0.2, 0.25) is 11.8 Å². The third-order valence-electron chi connectivity index (χ3n) is 9.98. The van der Waals surface area contributed by atoms with Gasteiger partial charge >= 0.3 is 13.3 Å². The number of carbonyl (C=O) groups is 3. The second-order valence-corrected chi connectivity index (χ2v) is 15.6. The average molecular weight is 653 g/mol. The Bertz CT molecular complexity index is 1540. The van der Waals surface area contributed by atoms with Crippen molar-refractivity contribution in [3.8, 4) is 0 Å². The van der Waals surface area contributed by atoms with E-state index in [-0.39, 0.29) is 34.2 Å². The molecular weight excluding hydrogens is 617 g/mol. The summed E-state index contributed by atoms with van der Waals surface area (Å²) in [5, 5.41) is 6.25. The van der Waals surface area contributed by atoms with Crippen molar-refractivity contribution >= 4 is 46.7 Å². The number of halogens is 2. The van der Waals surface area contributed by atoms with Crippen molar-refractivity contribution in [1.29, 1.82) is 0 Å². The zero-order valence-corrected chi connectivity index (χ0v) is 25.6. The molecule has 0 radical (unpaired) electrons. The van der Waals surface area contributed by atoms with E-state index < -0.39 is 36.8 Å². The molecule has 1 aliphatic carbocycles. The predicted octanol–water partition coefficient (Wildman–Crippen LogP) is 2.61. The van der Waals surface area contributed by atoms with Gasteiger partial charge in [-0.2, -0.15) is 8.78 Å². The monoisotopic (exact) mass is 652 g/mol. The van der Waals surface area contributed by atoms with E-state index in [0.29, 0.717) is 35.4 Å². The highest BCUT2D eigenvalue weighted by Crippen LogP contribution is 2.59. The maximum absolute atomic E-state index is 14.3. The van der Waals surface area contributed by atoms with Gasteiger partial charge in [-0.15, -0.1) is 11.3 Å². The molecule has 238 valence electrons. The summed E-state index contributed by atoms with van der Waals surface area (Å²) in [5.74, 6) is -0.190. The van der Waals surface area contributed by atoms with Gasteiger partial charge in [-0.3, -0.25) is 23.8 Å². The third-order valence-corrected chi connectivity index (χ3v) is 12.1. The zero-order chi connectivity index (χ0) is 31.0. The van der Waals surface area contributed by atoms with Crippen LogP contribution in [0.5, 0.6) is 0 Å². The first kappa shape index (κ1) is 30.2. The van der Waals surface area contributed by atoms with Crippen LogP contribution in [0.2, 0.25) is 0 Å². The minimum Gasteiger partial charge on any atom is -0.380 e. The molecule has 7 rings (SSSR count). The molecule has 2 aromatic rings. The number of fused-ring (bicyclic) bond motifs is 3. The van der Waals surface area contributed by atoms with Crippen molar-refractivity contribution in [2.75, 3.05) is 26.3 Å². The highest BCUT2D eigenvalue weighted by atomic mass is 32.1. The van der Waals surface area contributed by atoms with Crippen LogP contribution < -0.4 is 10.6 Å². The first-order valence-electron chi connectivity index (χ1n) is 15.1. The molecular formula is C29H35F2N4O7PS. The van der Waals surface area contributed by atoms with Gasteiger partial charge in [-0.1, -0.05) is 6.07 Å². The summed E-state index contributed by atoms with van der Waals surface area (Å²) in [6, 6.07) is 3.55. The van der Waals surface area contributed by atoms with E-state index in [1.165, 1.54) is 12.1 Å². The Balaban J connectivity index is 1.05. The Morgan fingerprint density at radius 3 is 2.52 bits per heavy atom. The Morgan fingerprint density at radius 1 is 1.02 bits per heavy atom. The first-order valence-corrected chi connectivity index (χ1v) is 17.5. The molecule has 5 heterocycles. The van der Waals surface area contributed by atoms with Crippen LogP contribution in [0, 0.1) is 11.8 Å². The van der Waals surface area contributed by atoms with Crippen LogP contribution in [-0.4, -0.2) is 93.8 Å². The number of amides is 3. The van der Waals surface area contributed by atoms with E-state index >= 15 is 0 Å². The number of likely N-dealkylation sites (tertiary alicyclic amines) is 1. The average Bonchev–Trinajstić information content (AvgIpc) is 3.37. The van der Waals surface area contributed by atoms with Crippen molar-refractivity contribution in [2.45, 2.75) is 74.4 Å². The second-order valence-electron chi connectivity index (χ2n) is 12.9. The number of thiophene rings is 1. The molecule has 1 aromatic carbocycles. The molecule has 1 unspecified atom stereocenters. The van der Waals surface area contributed by atoms with Crippen LogP contribution in [0.25, 0.3) is 10.1 Å². The number of benzene rings is 1. The summed E-state index contributed by atoms with van der Waals surface area (Å²) in [5.41, 5.74) is -5.21. The minimum atomic E-state index is -5.74. The smallest absolute Gasteiger partial charge is 0.380 e. The molecule has 0 bridgehead atoms. The number of nitrogens with one attached hydrogen (secondary N) is 2. The topological polar surface area (TPSA) is 149 Å². The maximum atomic E-state index is 14.3. The molecule has 5 fully saturated rings. The summed E-state index contributed by atoms with van der Waals surface area (Å²) in [6.45, 7) is 3.01. The number of ether oxygens (including phenoxy) is 1. The summed E-state index contributed by atoms with van der Waals surface area (Å²) < 4.78 is 45.8. The molecule has 6 atom stereocenters. The molecule has 11 nitrogen and oxygen atoms in total. The van der Waals surface area contributed by atoms with Crippen LogP contribution in [0.15, 0.2) is 24.3 Å². The van der Waals surface area contributed by atoms with E-state index in [1.54, 1.807) is 4.90 Å². The standard InChI is InChI=1S/C29H35F2N4O7PS/c30-29(31,43(39,40)41)18-1-4-24-17(8-18)11-25(44-24)27(37)33-22-10-16-7-15(16)9-20-2-3-23(35(20)28(22)38)26(36)32-19-12-34(13-19)21-5-6-42-14-21/h1,4,8,11,15-16,19-23H,2-3,5-7,9-10,12-14H2,(H,32,36)(H,33,37)(H2,39,40,41)/t15-,16+,20-,21-,22?,23+/m1/s1. The first-order chi connectivity index (χ1) is 20.9. The fourth-order valence-electron chi connectivity index (χ4n) is 7.40. The van der Waals surface area contributed by atoms with Gasteiger partial charge in [0, 0.05) is 42.0 Å². The van der Waals surface area contributed by atoms with Crippen molar-refractivity contribution < 1.29 is 42.3 Å². The highest BCUT2D eigenvalue weighted by molar-refractivity contribution is 7.52. The molecule has 4 N–H and O–H groups in total. The number of alkyl halides is 2. The SMILES string of the molecule is O=C(NC1C[C@@H]2C[C@@H]2C[C@H]2CC[C@@H](C(=O)NC3CN([C@@H]4CCOC4)C3)N2C1=O)c1cc2cc(C(F)(F)P(=O)(O)O)ccc2s1. The van der Waals surface area contributed by atoms with E-state index in [4.69, 9.17) is 14.5 Å². The van der Waals surface area contributed by atoms with Gasteiger partial charge in [0.15, 0.2) is 0 Å². The van der Waals surface area contributed by atoms with Crippen LogP contribution in [-0.2, 0) is 24.6 Å². The van der Waals surface area contributed by atoms with Crippen LogP contribution in [0.4, 0.5) is 8.78 Å². The number of hydrogen-bond acceptors (Lipinski definition) is 7. The van der Waals surface area contributed by atoms with Gasteiger partial charge in [0.05, 0.1) is 17.5 Å². The van der Waals surface area contributed by atoms with Crippen LogP contribution in [0.3, 0.4) is 0 Å². The normalized spacial score (nSPS) is 31.2. The van der Waals surface area contributed by atoms with Gasteiger partial charge in [0.1, 0.15) is 12.1 Å². The molecule has 15 heteroatoms. The lowest BCUT2D eigenvalue weighted by atomic mass is 9.98. The van der Waals surface area contributed by atoms with Crippen molar-refractivity contribution in [2.24, 2.45) is 11.8 Å². The largest absolute Gasteiger partial charge is 0.399 e. The molecule has 5 aliphatic rings. The van der Waals surface area contributed by atoms with Crippen molar-refractivity contribution in [3.05, 3.63) is 34.7 Å². The second kappa shape index (κ2) is 11.1. The minimum absolute atomic E-state index is 0.0328. The molecule has 1 saturated carbocycles. The van der Waals surface area contributed by atoms with Crippen LogP contribution >= 0.6 is 18.9 Å². The molecule has 4 aliphatic heterocycles. The summed E-state index contributed by atoms with van der Waals surface area (Å²) in [6.07, 6.45) is 4.61. The summed E-state index contributed by atoms with van der Waals surface area (Å²) in [4.78, 5) is 63.2. The fourth-order valence-corrected chi connectivity index (χ4v) is 8.82. The van der Waals surface area contributed by atoms with Gasteiger partial charge in [0.25, 0.3) is 5.91 Å². The summed E-state index contributed by atoms with van der Waals surface area (Å²) in [7, 11) is -5.74. The highest BCUT2D eigenvalue weighted by Gasteiger charge is 2.52. The predicted molar refractivity (Wildman–Crippen MR) is 156 cm³/mol. The lowest BCUT2D eigenvalue weighted by molar-refractivity contribution is -0.143. The lowest BCUT2D eigenvalue weighted by Crippen LogP contribution is -2.64. The Hall–Kier alpha value is -2.48. The number of rotatable bonds is 7. The Morgan fingerprint density at radius 2 is 1.80 bits per heavy atom. The third kappa shape index (κ3) is 5.47. The molecule has 44 heavy (non-hydrogen) atoms. The van der Waals surface area contributed by atoms with E-state index in [0.717, 1.165) is 75.5 Å². The van der Waals surface area contributed by atoms with Gasteiger partial charge in [-0.25, -0.2) is 0 Å². The van der Waals surface area contributed by atoms with Gasteiger partial charge in [-0.05, 0) is 73.9 Å². The quantitative estimate of drug-likeness (QED) is 0.334. The van der Waals surface area contributed by atoms with E-state index in [2.05, 4.69) is 15.5 Å².